The fourth-order valence-electron chi connectivity index (χ4n) is 2.50. The Morgan fingerprint density at radius 2 is 1.90 bits per heavy atom. The van der Waals surface area contributed by atoms with Crippen molar-refractivity contribution >= 4 is 53.2 Å². The number of amides is 1. The van der Waals surface area contributed by atoms with Crippen molar-refractivity contribution in [2.45, 2.75) is 43.0 Å². The van der Waals surface area contributed by atoms with Gasteiger partial charge >= 0.3 is 0 Å². The third-order valence-corrected chi connectivity index (χ3v) is 6.63. The molecule has 1 aliphatic carbocycles. The van der Waals surface area contributed by atoms with Gasteiger partial charge in [-0.2, -0.15) is 0 Å². The van der Waals surface area contributed by atoms with Gasteiger partial charge in [-0.3, -0.25) is 4.79 Å². The maximum atomic E-state index is 12.3. The zero-order valence-corrected chi connectivity index (χ0v) is 15.2. The summed E-state index contributed by atoms with van der Waals surface area (Å²) in [5.74, 6) is -0.352. The Morgan fingerprint density at radius 3 is 2.43 bits per heavy atom. The van der Waals surface area contributed by atoms with Gasteiger partial charge in [0.25, 0.3) is 15.0 Å². The molecule has 116 valence electrons. The molecule has 2 rings (SSSR count). The van der Waals surface area contributed by atoms with Gasteiger partial charge in [-0.25, -0.2) is 8.42 Å². The smallest absolute Gasteiger partial charge is 0.262 e. The Kier molecular flexibility index (Phi) is 4.93. The van der Waals surface area contributed by atoms with Crippen molar-refractivity contribution in [2.24, 2.45) is 0 Å². The molecule has 0 aromatic heterocycles. The van der Waals surface area contributed by atoms with E-state index in [1.165, 1.54) is 12.1 Å². The third-order valence-electron chi connectivity index (χ3n) is 3.64. The van der Waals surface area contributed by atoms with E-state index in [1.54, 1.807) is 0 Å². The number of nitrogens with one attached hydrogen (secondary N) is 1. The lowest BCUT2D eigenvalue weighted by atomic mass is 10.00. The Hall–Kier alpha value is -0.300. The van der Waals surface area contributed by atoms with Gasteiger partial charge in [0.2, 0.25) is 0 Å². The molecule has 0 aliphatic heterocycles. The van der Waals surface area contributed by atoms with Crippen LogP contribution in [0.4, 0.5) is 0 Å². The van der Waals surface area contributed by atoms with Gasteiger partial charge in [-0.05, 0) is 47.8 Å². The van der Waals surface area contributed by atoms with Gasteiger partial charge < -0.3 is 5.32 Å². The molecule has 1 saturated carbocycles. The lowest BCUT2D eigenvalue weighted by Crippen LogP contribution is -2.43. The number of carbonyl (C=O) groups excluding carboxylic acids is 1. The summed E-state index contributed by atoms with van der Waals surface area (Å²) in [6.45, 7) is 1.98. The quantitative estimate of drug-likeness (QED) is 0.757. The van der Waals surface area contributed by atoms with Crippen molar-refractivity contribution in [1.29, 1.82) is 0 Å². The zero-order chi connectivity index (χ0) is 15.8. The average Bonchev–Trinajstić information content (AvgIpc) is 2.77. The van der Waals surface area contributed by atoms with E-state index in [0.29, 0.717) is 0 Å². The summed E-state index contributed by atoms with van der Waals surface area (Å²) in [5.41, 5.74) is -0.0769. The predicted molar refractivity (Wildman–Crippen MR) is 86.5 cm³/mol. The van der Waals surface area contributed by atoms with Gasteiger partial charge in [0, 0.05) is 21.8 Å². The number of rotatable bonds is 3. The molecule has 0 saturated heterocycles. The summed E-state index contributed by atoms with van der Waals surface area (Å²) in [6.07, 6.45) is 3.95. The van der Waals surface area contributed by atoms with Gasteiger partial charge in [0.1, 0.15) is 0 Å². The van der Waals surface area contributed by atoms with Crippen LogP contribution in [0.5, 0.6) is 0 Å². The molecule has 1 aromatic carbocycles. The van der Waals surface area contributed by atoms with Gasteiger partial charge in [-0.1, -0.05) is 24.4 Å². The summed E-state index contributed by atoms with van der Waals surface area (Å²) in [5, 5.41) is 3.07. The average molecular weight is 415 g/mol. The van der Waals surface area contributed by atoms with E-state index in [4.69, 9.17) is 22.3 Å². The number of carbonyl (C=O) groups is 1. The minimum Gasteiger partial charge on any atom is -0.347 e. The Bertz CT molecular complexity index is 685. The summed E-state index contributed by atoms with van der Waals surface area (Å²) >= 11 is 9.04. The molecule has 0 radical (unpaired) electrons. The fraction of sp³-hybridized carbons (Fsp3) is 0.462. The first-order chi connectivity index (χ1) is 9.62. The van der Waals surface area contributed by atoms with Crippen molar-refractivity contribution in [2.75, 3.05) is 0 Å². The molecule has 0 bridgehead atoms. The minimum atomic E-state index is -3.99. The van der Waals surface area contributed by atoms with Crippen LogP contribution in [0.25, 0.3) is 0 Å². The largest absolute Gasteiger partial charge is 0.347 e. The molecule has 0 spiro atoms. The van der Waals surface area contributed by atoms with Crippen molar-refractivity contribution in [3.8, 4) is 0 Å². The highest BCUT2D eigenvalue weighted by molar-refractivity contribution is 9.10. The van der Waals surface area contributed by atoms with Crippen molar-refractivity contribution in [3.63, 3.8) is 0 Å². The van der Waals surface area contributed by atoms with Crippen molar-refractivity contribution in [1.82, 2.24) is 5.32 Å². The van der Waals surface area contributed by atoms with Gasteiger partial charge in [-0.15, -0.1) is 0 Å². The normalized spacial score (nSPS) is 17.7. The molecular formula is C13H14BrCl2NO3S. The van der Waals surface area contributed by atoms with Crippen LogP contribution in [0, 0.1) is 0 Å². The summed E-state index contributed by atoms with van der Waals surface area (Å²) in [4.78, 5) is 12.1. The molecule has 8 heteroatoms. The first-order valence-corrected chi connectivity index (χ1v) is 9.87. The second-order valence-electron chi connectivity index (χ2n) is 5.43. The van der Waals surface area contributed by atoms with Crippen molar-refractivity contribution in [3.05, 3.63) is 27.2 Å². The lowest BCUT2D eigenvalue weighted by molar-refractivity contribution is 0.0908. The fourth-order valence-corrected chi connectivity index (χ4v) is 4.88. The van der Waals surface area contributed by atoms with E-state index < -0.39 is 9.05 Å². The zero-order valence-electron chi connectivity index (χ0n) is 11.3. The minimum absolute atomic E-state index is 0.124. The lowest BCUT2D eigenvalue weighted by Gasteiger charge is -2.25. The van der Waals surface area contributed by atoms with Crippen LogP contribution in [0.2, 0.25) is 5.02 Å². The molecule has 1 N–H and O–H groups in total. The van der Waals surface area contributed by atoms with E-state index in [-0.39, 0.29) is 31.4 Å². The highest BCUT2D eigenvalue weighted by atomic mass is 79.9. The van der Waals surface area contributed by atoms with Crippen molar-refractivity contribution < 1.29 is 13.2 Å². The van der Waals surface area contributed by atoms with Gasteiger partial charge in [0.05, 0.1) is 14.4 Å². The number of hydrogen-bond acceptors (Lipinski definition) is 3. The standard InChI is InChI=1S/C13H14BrCl2NO3S/c1-13(4-2-3-5-13)17-12(18)8-6-9(15)11(14)10(7-8)21(16,19)20/h6-7H,2-5H2,1H3,(H,17,18). The van der Waals surface area contributed by atoms with E-state index in [9.17, 15) is 13.2 Å². The summed E-state index contributed by atoms with van der Waals surface area (Å²) < 4.78 is 23.2. The van der Waals surface area contributed by atoms with Gasteiger partial charge in [0.15, 0.2) is 0 Å². The molecule has 1 fully saturated rings. The van der Waals surface area contributed by atoms with Crippen LogP contribution in [0.15, 0.2) is 21.5 Å². The van der Waals surface area contributed by atoms with Crippen LogP contribution in [-0.2, 0) is 9.05 Å². The maximum absolute atomic E-state index is 12.3. The Balaban J connectivity index is 2.36. The molecule has 0 atom stereocenters. The Morgan fingerprint density at radius 1 is 1.33 bits per heavy atom. The molecule has 0 unspecified atom stereocenters. The van der Waals surface area contributed by atoms with Crippen LogP contribution >= 0.6 is 38.2 Å². The predicted octanol–water partition coefficient (Wildman–Crippen LogP) is 4.09. The maximum Gasteiger partial charge on any atom is 0.262 e. The van der Waals surface area contributed by atoms with Crippen LogP contribution in [0.3, 0.4) is 0 Å². The number of benzene rings is 1. The summed E-state index contributed by atoms with van der Waals surface area (Å²) in [7, 11) is 1.37. The van der Waals surface area contributed by atoms with E-state index in [2.05, 4.69) is 21.2 Å². The molecule has 1 amide bonds. The number of hydrogen-bond donors (Lipinski definition) is 1. The molecule has 21 heavy (non-hydrogen) atoms. The van der Waals surface area contributed by atoms with E-state index in [0.717, 1.165) is 25.7 Å². The molecule has 1 aromatic rings. The number of halogens is 3. The molecule has 1 aliphatic rings. The third kappa shape index (κ3) is 3.92. The first-order valence-electron chi connectivity index (χ1n) is 6.39. The highest BCUT2D eigenvalue weighted by Crippen LogP contribution is 2.34. The van der Waals surface area contributed by atoms with E-state index >= 15 is 0 Å². The topological polar surface area (TPSA) is 63.2 Å². The van der Waals surface area contributed by atoms with E-state index in [1.807, 2.05) is 6.92 Å². The SMILES string of the molecule is CC1(NC(=O)c2cc(Cl)c(Br)c(S(=O)(=O)Cl)c2)CCCC1. The second-order valence-corrected chi connectivity index (χ2v) is 9.16. The highest BCUT2D eigenvalue weighted by Gasteiger charge is 2.31. The summed E-state index contributed by atoms with van der Waals surface area (Å²) in [6, 6.07) is 2.65. The molecule has 4 nitrogen and oxygen atoms in total. The second kappa shape index (κ2) is 6.07. The van der Waals surface area contributed by atoms with Crippen LogP contribution in [0.1, 0.15) is 43.0 Å². The van der Waals surface area contributed by atoms with Crippen LogP contribution in [-0.4, -0.2) is 19.9 Å². The molecular weight excluding hydrogens is 401 g/mol. The first kappa shape index (κ1) is 17.1. The monoisotopic (exact) mass is 413 g/mol. The molecule has 0 heterocycles. The van der Waals surface area contributed by atoms with Crippen LogP contribution < -0.4 is 5.32 Å². The Labute approximate surface area is 141 Å².